The van der Waals surface area contributed by atoms with E-state index in [0.717, 1.165) is 25.9 Å². The Morgan fingerprint density at radius 3 is 2.88 bits per heavy atom. The fraction of sp³-hybridized carbons (Fsp3) is 0.647. The normalized spacial score (nSPS) is 37.6. The zero-order chi connectivity index (χ0) is 17.2. The lowest BCUT2D eigenvalue weighted by Gasteiger charge is -2.29. The van der Waals surface area contributed by atoms with Gasteiger partial charge < -0.3 is 10.6 Å². The molecule has 3 fully saturated rings. The Balaban J connectivity index is 1.41. The quantitative estimate of drug-likeness (QED) is 0.423. The molecule has 0 bridgehead atoms. The summed E-state index contributed by atoms with van der Waals surface area (Å²) in [5.74, 6) is 0.622. The Hall–Kier alpha value is -1.58. The van der Waals surface area contributed by atoms with Crippen molar-refractivity contribution in [2.45, 2.75) is 44.1 Å². The van der Waals surface area contributed by atoms with Crippen LogP contribution in [0.15, 0.2) is 24.5 Å². The average molecular weight is 345 g/mol. The number of piperidine rings is 1. The molecule has 1 aromatic rings. The lowest BCUT2D eigenvalue weighted by atomic mass is 9.88. The van der Waals surface area contributed by atoms with Crippen LogP contribution >= 0.6 is 0 Å². The van der Waals surface area contributed by atoms with E-state index in [9.17, 15) is 4.79 Å². The van der Waals surface area contributed by atoms with Crippen LogP contribution in [-0.4, -0.2) is 42.2 Å². The number of carbonyl (C=O) groups is 1. The van der Waals surface area contributed by atoms with Crippen molar-refractivity contribution in [2.24, 2.45) is 11.8 Å². The molecule has 6 N–H and O–H groups in total. The van der Waals surface area contributed by atoms with Crippen molar-refractivity contribution in [3.8, 4) is 0 Å². The van der Waals surface area contributed by atoms with Gasteiger partial charge in [-0.2, -0.15) is 0 Å². The summed E-state index contributed by atoms with van der Waals surface area (Å²) in [5.41, 5.74) is 14.3. The van der Waals surface area contributed by atoms with Crippen LogP contribution in [0.3, 0.4) is 0 Å². The summed E-state index contributed by atoms with van der Waals surface area (Å²) in [6.07, 6.45) is 5.53. The molecular weight excluding hydrogens is 318 g/mol. The number of hydrogen-bond donors (Lipinski definition) is 6. The lowest BCUT2D eigenvalue weighted by molar-refractivity contribution is -0.125. The zero-order valence-corrected chi connectivity index (χ0v) is 14.5. The van der Waals surface area contributed by atoms with Crippen molar-refractivity contribution in [1.29, 1.82) is 0 Å². The van der Waals surface area contributed by atoms with Crippen molar-refractivity contribution in [1.82, 2.24) is 37.3 Å². The van der Waals surface area contributed by atoms with Gasteiger partial charge in [-0.3, -0.25) is 15.2 Å². The highest BCUT2D eigenvalue weighted by molar-refractivity contribution is 5.83. The monoisotopic (exact) mass is 345 g/mol. The van der Waals surface area contributed by atoms with Gasteiger partial charge >= 0.3 is 0 Å². The standard InChI is InChI=1S/C17H27N7O/c1-2-11-14(10-3-6-18-7-4-10)22-24-16(11)20-17(25)15-12-9-19-8-5-13(12)21-23-15/h3-4,6-7,11-16,19,21-24H,2,5,8-9H2,1H3,(H,20,25). The first-order chi connectivity index (χ1) is 12.3. The van der Waals surface area contributed by atoms with E-state index in [4.69, 9.17) is 0 Å². The van der Waals surface area contributed by atoms with Gasteiger partial charge in [-0.05, 0) is 37.1 Å². The molecule has 0 aliphatic carbocycles. The van der Waals surface area contributed by atoms with E-state index in [1.54, 1.807) is 12.4 Å². The van der Waals surface area contributed by atoms with E-state index < -0.39 is 0 Å². The minimum atomic E-state index is -0.197. The third-order valence-electron chi connectivity index (χ3n) is 5.75. The van der Waals surface area contributed by atoms with E-state index in [1.807, 2.05) is 12.1 Å². The van der Waals surface area contributed by atoms with Crippen molar-refractivity contribution in [3.05, 3.63) is 30.1 Å². The van der Waals surface area contributed by atoms with Crippen LogP contribution in [0, 0.1) is 11.8 Å². The Labute approximate surface area is 147 Å². The van der Waals surface area contributed by atoms with E-state index in [2.05, 4.69) is 44.2 Å². The number of hydrazine groups is 2. The Morgan fingerprint density at radius 1 is 1.24 bits per heavy atom. The molecule has 3 saturated heterocycles. The van der Waals surface area contributed by atoms with Gasteiger partial charge in [0.2, 0.25) is 5.91 Å². The van der Waals surface area contributed by atoms with Crippen LogP contribution in [0.5, 0.6) is 0 Å². The van der Waals surface area contributed by atoms with Gasteiger partial charge in [-0.25, -0.2) is 16.3 Å². The Kier molecular flexibility index (Phi) is 4.96. The summed E-state index contributed by atoms with van der Waals surface area (Å²) >= 11 is 0. The minimum Gasteiger partial charge on any atom is -0.338 e. The number of hydrogen-bond acceptors (Lipinski definition) is 7. The summed E-state index contributed by atoms with van der Waals surface area (Å²) in [7, 11) is 0. The molecule has 0 radical (unpaired) electrons. The average Bonchev–Trinajstić information content (AvgIpc) is 3.26. The molecule has 6 unspecified atom stereocenters. The molecule has 4 heterocycles. The van der Waals surface area contributed by atoms with Crippen molar-refractivity contribution in [3.63, 3.8) is 0 Å². The molecule has 3 aliphatic rings. The molecule has 1 aromatic heterocycles. The van der Waals surface area contributed by atoms with Gasteiger partial charge in [0.15, 0.2) is 0 Å². The van der Waals surface area contributed by atoms with Gasteiger partial charge in [0.1, 0.15) is 6.04 Å². The first-order valence-corrected chi connectivity index (χ1v) is 9.21. The van der Waals surface area contributed by atoms with Crippen LogP contribution in [-0.2, 0) is 4.79 Å². The molecule has 0 aromatic carbocycles. The predicted molar refractivity (Wildman–Crippen MR) is 93.8 cm³/mol. The number of amides is 1. The largest absolute Gasteiger partial charge is 0.338 e. The molecule has 0 saturated carbocycles. The van der Waals surface area contributed by atoms with E-state index >= 15 is 0 Å². The number of pyridine rings is 1. The highest BCUT2D eigenvalue weighted by Gasteiger charge is 2.43. The fourth-order valence-electron chi connectivity index (χ4n) is 4.32. The third kappa shape index (κ3) is 3.28. The van der Waals surface area contributed by atoms with Crippen LogP contribution in [0.2, 0.25) is 0 Å². The number of fused-ring (bicyclic) bond motifs is 1. The number of aromatic nitrogens is 1. The van der Waals surface area contributed by atoms with Crippen LogP contribution in [0.25, 0.3) is 0 Å². The van der Waals surface area contributed by atoms with Gasteiger partial charge in [0, 0.05) is 36.8 Å². The van der Waals surface area contributed by atoms with E-state index in [1.165, 1.54) is 5.56 Å². The lowest BCUT2D eigenvalue weighted by Crippen LogP contribution is -2.55. The number of carbonyl (C=O) groups excluding carboxylic acids is 1. The zero-order valence-electron chi connectivity index (χ0n) is 14.5. The summed E-state index contributed by atoms with van der Waals surface area (Å²) in [4.78, 5) is 16.9. The second kappa shape index (κ2) is 7.35. The van der Waals surface area contributed by atoms with E-state index in [0.29, 0.717) is 12.0 Å². The Morgan fingerprint density at radius 2 is 2.08 bits per heavy atom. The molecule has 3 aliphatic heterocycles. The molecule has 136 valence electrons. The highest BCUT2D eigenvalue weighted by Crippen LogP contribution is 2.30. The topological polar surface area (TPSA) is 102 Å². The molecule has 8 nitrogen and oxygen atoms in total. The number of nitrogens with zero attached hydrogens (tertiary/aromatic N) is 1. The Bertz CT molecular complexity index is 598. The van der Waals surface area contributed by atoms with Crippen molar-refractivity contribution < 1.29 is 4.79 Å². The molecule has 0 spiro atoms. The van der Waals surface area contributed by atoms with Crippen molar-refractivity contribution in [2.75, 3.05) is 13.1 Å². The predicted octanol–water partition coefficient (Wildman–Crippen LogP) is -0.846. The summed E-state index contributed by atoms with van der Waals surface area (Å²) in [6.45, 7) is 4.03. The maximum absolute atomic E-state index is 12.8. The molecule has 25 heavy (non-hydrogen) atoms. The van der Waals surface area contributed by atoms with Crippen molar-refractivity contribution >= 4 is 5.91 Å². The van der Waals surface area contributed by atoms with Gasteiger partial charge in [0.05, 0.1) is 12.2 Å². The smallest absolute Gasteiger partial charge is 0.240 e. The summed E-state index contributed by atoms with van der Waals surface area (Å²) in [5, 5.41) is 6.59. The molecule has 4 rings (SSSR count). The van der Waals surface area contributed by atoms with Gasteiger partial charge in [-0.1, -0.05) is 6.92 Å². The summed E-state index contributed by atoms with van der Waals surface area (Å²) < 4.78 is 0. The van der Waals surface area contributed by atoms with Crippen LogP contribution < -0.4 is 32.3 Å². The molecule has 8 heteroatoms. The number of rotatable bonds is 4. The molecular formula is C17H27N7O. The first kappa shape index (κ1) is 16.9. The molecule has 6 atom stereocenters. The molecule has 1 amide bonds. The third-order valence-corrected chi connectivity index (χ3v) is 5.75. The summed E-state index contributed by atoms with van der Waals surface area (Å²) in [6, 6.07) is 4.38. The van der Waals surface area contributed by atoms with Crippen LogP contribution in [0.4, 0.5) is 0 Å². The fourth-order valence-corrected chi connectivity index (χ4v) is 4.32. The highest BCUT2D eigenvalue weighted by atomic mass is 16.2. The second-order valence-corrected chi connectivity index (χ2v) is 7.13. The number of nitrogens with one attached hydrogen (secondary N) is 6. The maximum Gasteiger partial charge on any atom is 0.240 e. The van der Waals surface area contributed by atoms with E-state index in [-0.39, 0.29) is 30.1 Å². The van der Waals surface area contributed by atoms with Gasteiger partial charge in [-0.15, -0.1) is 0 Å². The SMILES string of the molecule is CCC1C(NC(=O)C2NNC3CCNCC32)NNC1c1ccncc1. The minimum absolute atomic E-state index is 0.0526. The van der Waals surface area contributed by atoms with Crippen LogP contribution in [0.1, 0.15) is 31.4 Å². The van der Waals surface area contributed by atoms with Gasteiger partial charge in [0.25, 0.3) is 0 Å². The first-order valence-electron chi connectivity index (χ1n) is 9.21. The second-order valence-electron chi connectivity index (χ2n) is 7.13. The maximum atomic E-state index is 12.8.